The maximum Gasteiger partial charge on any atom is 0.134 e. The highest BCUT2D eigenvalue weighted by Gasteiger charge is 2.37. The fourth-order valence-corrected chi connectivity index (χ4v) is 3.57. The number of rotatable bonds is 5. The molecule has 0 aliphatic heterocycles. The van der Waals surface area contributed by atoms with Gasteiger partial charge in [-0.15, -0.1) is 0 Å². The van der Waals surface area contributed by atoms with Crippen LogP contribution >= 0.6 is 0 Å². The Hall–Kier alpha value is -2.14. The number of nitrogens with zero attached hydrogens (tertiary/aromatic N) is 2. The molecule has 1 saturated carbocycles. The van der Waals surface area contributed by atoms with E-state index in [1.54, 1.807) is 7.11 Å². The van der Waals surface area contributed by atoms with E-state index in [-0.39, 0.29) is 0 Å². The van der Waals surface area contributed by atoms with Gasteiger partial charge in [-0.25, -0.2) is 9.97 Å². The molecule has 5 heteroatoms. The topological polar surface area (TPSA) is 67.3 Å². The molecule has 4 rings (SSSR count). The van der Waals surface area contributed by atoms with Crippen molar-refractivity contribution in [2.45, 2.75) is 51.0 Å². The summed E-state index contributed by atoms with van der Waals surface area (Å²) in [6, 6.07) is 5.97. The Kier molecular flexibility index (Phi) is 3.91. The van der Waals surface area contributed by atoms with Crippen molar-refractivity contribution in [1.82, 2.24) is 9.97 Å². The Morgan fingerprint density at radius 2 is 2.08 bits per heavy atom. The van der Waals surface area contributed by atoms with Crippen LogP contribution in [-0.2, 0) is 12.0 Å². The van der Waals surface area contributed by atoms with Gasteiger partial charge in [0.15, 0.2) is 0 Å². The van der Waals surface area contributed by atoms with Gasteiger partial charge >= 0.3 is 0 Å². The number of aryl methyl sites for hydroxylation is 2. The first-order valence-electron chi connectivity index (χ1n) is 8.99. The molecule has 0 radical (unpaired) electrons. The minimum absolute atomic E-state index is 0.439. The first-order chi connectivity index (χ1) is 12.0. The van der Waals surface area contributed by atoms with Crippen LogP contribution in [0.1, 0.15) is 53.4 Å². The summed E-state index contributed by atoms with van der Waals surface area (Å²) in [4.78, 5) is 9.34. The van der Waals surface area contributed by atoms with E-state index in [4.69, 9.17) is 9.72 Å². The highest BCUT2D eigenvalue weighted by atomic mass is 16.5. The first-order valence-corrected chi connectivity index (χ1v) is 8.99. The Morgan fingerprint density at radius 1 is 1.28 bits per heavy atom. The van der Waals surface area contributed by atoms with Gasteiger partial charge in [0.05, 0.1) is 7.11 Å². The predicted molar refractivity (Wildman–Crippen MR) is 97.2 cm³/mol. The van der Waals surface area contributed by atoms with Crippen molar-refractivity contribution in [3.8, 4) is 5.75 Å². The van der Waals surface area contributed by atoms with E-state index in [0.29, 0.717) is 18.9 Å². The number of aliphatic hydroxyl groups is 1. The third-order valence-corrected chi connectivity index (χ3v) is 5.52. The van der Waals surface area contributed by atoms with Crippen LogP contribution in [0.15, 0.2) is 18.2 Å². The van der Waals surface area contributed by atoms with Crippen LogP contribution in [0.2, 0.25) is 0 Å². The number of hydrogen-bond donors (Lipinski definition) is 2. The molecule has 1 unspecified atom stereocenters. The largest absolute Gasteiger partial charge is 0.497 e. The Morgan fingerprint density at radius 3 is 2.80 bits per heavy atom. The molecule has 2 N–H and O–H groups in total. The molecule has 1 aromatic carbocycles. The number of methoxy groups -OCH3 is 1. The molecule has 2 aliphatic carbocycles. The monoisotopic (exact) mass is 339 g/mol. The molecule has 1 atom stereocenters. The fraction of sp³-hybridized carbons (Fsp3) is 0.500. The molecule has 2 aromatic rings. The standard InChI is InChI=1S/C20H25N3O2/c1-12-13(2)22-19(15-4-5-15)23-18(12)21-11-20(24)9-8-14-6-7-16(25-3)10-17(14)20/h6-7,10,15,24H,4-5,8-9,11H2,1-3H3,(H,21,22,23). The molecule has 1 aromatic heterocycles. The molecule has 2 aliphatic rings. The lowest BCUT2D eigenvalue weighted by Gasteiger charge is -2.26. The van der Waals surface area contributed by atoms with Crippen molar-refractivity contribution in [3.05, 3.63) is 46.4 Å². The second kappa shape index (κ2) is 5.99. The van der Waals surface area contributed by atoms with Gasteiger partial charge in [-0.3, -0.25) is 0 Å². The molecule has 1 fully saturated rings. The van der Waals surface area contributed by atoms with Gasteiger partial charge in [-0.05, 0) is 62.8 Å². The number of benzene rings is 1. The number of hydrogen-bond acceptors (Lipinski definition) is 5. The number of anilines is 1. The van der Waals surface area contributed by atoms with Crippen LogP contribution < -0.4 is 10.1 Å². The maximum atomic E-state index is 11.2. The van der Waals surface area contributed by atoms with Crippen LogP contribution in [0.5, 0.6) is 5.75 Å². The van der Waals surface area contributed by atoms with Gasteiger partial charge < -0.3 is 15.2 Å². The normalized spacial score (nSPS) is 21.9. The van der Waals surface area contributed by atoms with Crippen molar-refractivity contribution in [2.24, 2.45) is 0 Å². The van der Waals surface area contributed by atoms with E-state index in [1.807, 2.05) is 26.0 Å². The van der Waals surface area contributed by atoms with Crippen molar-refractivity contribution in [2.75, 3.05) is 19.0 Å². The van der Waals surface area contributed by atoms with Gasteiger partial charge in [0.1, 0.15) is 23.0 Å². The van der Waals surface area contributed by atoms with E-state index in [2.05, 4.69) is 16.4 Å². The van der Waals surface area contributed by atoms with E-state index in [1.165, 1.54) is 18.4 Å². The Balaban J connectivity index is 1.58. The average Bonchev–Trinajstić information content (AvgIpc) is 3.41. The summed E-state index contributed by atoms with van der Waals surface area (Å²) in [6.07, 6.45) is 3.95. The molecule has 0 spiro atoms. The summed E-state index contributed by atoms with van der Waals surface area (Å²) in [5.41, 5.74) is 3.33. The van der Waals surface area contributed by atoms with E-state index < -0.39 is 5.60 Å². The zero-order chi connectivity index (χ0) is 17.6. The minimum atomic E-state index is -0.894. The van der Waals surface area contributed by atoms with E-state index in [0.717, 1.165) is 40.6 Å². The summed E-state index contributed by atoms with van der Waals surface area (Å²) >= 11 is 0. The van der Waals surface area contributed by atoms with Crippen LogP contribution in [0.4, 0.5) is 5.82 Å². The van der Waals surface area contributed by atoms with Gasteiger partial charge in [-0.2, -0.15) is 0 Å². The molecule has 0 bridgehead atoms. The van der Waals surface area contributed by atoms with Crippen molar-refractivity contribution < 1.29 is 9.84 Å². The molecule has 0 amide bonds. The summed E-state index contributed by atoms with van der Waals surface area (Å²) in [5, 5.41) is 14.6. The summed E-state index contributed by atoms with van der Waals surface area (Å²) in [7, 11) is 1.65. The highest BCUT2D eigenvalue weighted by Crippen LogP contribution is 2.40. The number of aromatic nitrogens is 2. The van der Waals surface area contributed by atoms with Gasteiger partial charge in [0.2, 0.25) is 0 Å². The third kappa shape index (κ3) is 2.97. The van der Waals surface area contributed by atoms with Crippen molar-refractivity contribution >= 4 is 5.82 Å². The number of ether oxygens (including phenoxy) is 1. The highest BCUT2D eigenvalue weighted by molar-refractivity contribution is 5.49. The quantitative estimate of drug-likeness (QED) is 0.875. The molecule has 5 nitrogen and oxygen atoms in total. The second-order valence-electron chi connectivity index (χ2n) is 7.32. The van der Waals surface area contributed by atoms with Gasteiger partial charge in [0, 0.05) is 23.7 Å². The molecule has 0 saturated heterocycles. The lowest BCUT2D eigenvalue weighted by molar-refractivity contribution is 0.0524. The third-order valence-electron chi connectivity index (χ3n) is 5.52. The fourth-order valence-electron chi connectivity index (χ4n) is 3.57. The lowest BCUT2D eigenvalue weighted by Crippen LogP contribution is -2.32. The minimum Gasteiger partial charge on any atom is -0.497 e. The van der Waals surface area contributed by atoms with Gasteiger partial charge in [-0.1, -0.05) is 6.07 Å². The predicted octanol–water partition coefficient (Wildman–Crippen LogP) is 3.23. The van der Waals surface area contributed by atoms with E-state index in [9.17, 15) is 5.11 Å². The zero-order valence-electron chi connectivity index (χ0n) is 15.1. The van der Waals surface area contributed by atoms with Crippen LogP contribution in [0.3, 0.4) is 0 Å². The van der Waals surface area contributed by atoms with E-state index >= 15 is 0 Å². The van der Waals surface area contributed by atoms with Gasteiger partial charge in [0.25, 0.3) is 0 Å². The van der Waals surface area contributed by atoms with Crippen LogP contribution in [-0.4, -0.2) is 28.7 Å². The summed E-state index contributed by atoms with van der Waals surface area (Å²) < 4.78 is 5.33. The summed E-state index contributed by atoms with van der Waals surface area (Å²) in [5.74, 6) is 3.08. The van der Waals surface area contributed by atoms with Crippen molar-refractivity contribution in [3.63, 3.8) is 0 Å². The number of nitrogens with one attached hydrogen (secondary N) is 1. The SMILES string of the molecule is COc1ccc2c(c1)C(O)(CNc1nc(C3CC3)nc(C)c1C)CC2. The van der Waals surface area contributed by atoms with Crippen LogP contribution in [0.25, 0.3) is 0 Å². The smallest absolute Gasteiger partial charge is 0.134 e. The van der Waals surface area contributed by atoms with Crippen molar-refractivity contribution in [1.29, 1.82) is 0 Å². The average molecular weight is 339 g/mol. The second-order valence-corrected chi connectivity index (χ2v) is 7.32. The molecular weight excluding hydrogens is 314 g/mol. The zero-order valence-corrected chi connectivity index (χ0v) is 15.1. The molecule has 25 heavy (non-hydrogen) atoms. The number of fused-ring (bicyclic) bond motifs is 1. The first kappa shape index (κ1) is 16.3. The Bertz CT molecular complexity index is 817. The molecule has 132 valence electrons. The molecular formula is C20H25N3O2. The Labute approximate surface area is 148 Å². The van der Waals surface area contributed by atoms with Crippen LogP contribution in [0, 0.1) is 13.8 Å². The summed E-state index contributed by atoms with van der Waals surface area (Å²) in [6.45, 7) is 4.50. The molecule has 1 heterocycles. The lowest BCUT2D eigenvalue weighted by atomic mass is 9.95. The maximum absolute atomic E-state index is 11.2.